The number of hydrogen-bond acceptors (Lipinski definition) is 5. The lowest BCUT2D eigenvalue weighted by Crippen LogP contribution is -2.39. The second kappa shape index (κ2) is 8.28. The molecule has 0 unspecified atom stereocenters. The molecule has 0 aromatic heterocycles. The minimum Gasteiger partial charge on any atom is -0.486 e. The Hall–Kier alpha value is -1.81. The minimum atomic E-state index is -4.67. The van der Waals surface area contributed by atoms with E-state index in [1.165, 1.54) is 0 Å². The van der Waals surface area contributed by atoms with Crippen LogP contribution in [0.2, 0.25) is 0 Å². The van der Waals surface area contributed by atoms with Gasteiger partial charge in [-0.15, -0.1) is 0 Å². The maximum Gasteiger partial charge on any atom is 0.419 e. The molecule has 10 heteroatoms. The molecule has 1 saturated carbocycles. The van der Waals surface area contributed by atoms with Crippen molar-refractivity contribution in [2.75, 3.05) is 12.4 Å². The highest BCUT2D eigenvalue weighted by molar-refractivity contribution is 7.85. The summed E-state index contributed by atoms with van der Waals surface area (Å²) >= 11 is 0. The largest absolute Gasteiger partial charge is 0.486 e. The Morgan fingerprint density at radius 2 is 1.86 bits per heavy atom. The number of ether oxygens (including phenoxy) is 2. The summed E-state index contributed by atoms with van der Waals surface area (Å²) in [6.45, 7) is 3.14. The molecule has 0 atom stereocenters. The quantitative estimate of drug-likeness (QED) is 0.524. The van der Waals surface area contributed by atoms with E-state index in [9.17, 15) is 26.4 Å². The van der Waals surface area contributed by atoms with Gasteiger partial charge in [0.2, 0.25) is 0 Å². The molecule has 0 heterocycles. The lowest BCUT2D eigenvalue weighted by atomic mass is 9.88. The molecular formula is C18H23F3O6S. The topological polar surface area (TPSA) is 89.9 Å². The van der Waals surface area contributed by atoms with Crippen LogP contribution in [-0.4, -0.2) is 36.9 Å². The number of alkyl halides is 3. The van der Waals surface area contributed by atoms with Crippen LogP contribution >= 0.6 is 0 Å². The van der Waals surface area contributed by atoms with Crippen molar-refractivity contribution in [1.29, 1.82) is 0 Å². The summed E-state index contributed by atoms with van der Waals surface area (Å²) in [6.07, 6.45) is -1.75. The molecule has 0 amide bonds. The average Bonchev–Trinajstić information content (AvgIpc) is 3.02. The molecule has 1 N–H and O–H groups in total. The van der Waals surface area contributed by atoms with Crippen LogP contribution in [0.1, 0.15) is 55.5 Å². The van der Waals surface area contributed by atoms with E-state index < -0.39 is 51.5 Å². The van der Waals surface area contributed by atoms with Gasteiger partial charge >= 0.3 is 12.1 Å². The zero-order valence-electron chi connectivity index (χ0n) is 15.6. The minimum absolute atomic E-state index is 0.0264. The molecular weight excluding hydrogens is 401 g/mol. The van der Waals surface area contributed by atoms with Crippen molar-refractivity contribution >= 4 is 16.1 Å². The fourth-order valence-electron chi connectivity index (χ4n) is 3.28. The number of halogens is 3. The fraction of sp³-hybridized carbons (Fsp3) is 0.611. The standard InChI is InChI=1S/C18H23F3O6S/c1-12(2)17(7-3-4-8-17)27-15-11-13(5-6-14(15)18(19,20)21)16(22)26-9-10-28(23,24)25/h5-6,11-12H,3-4,7-10H2,1-2H3,(H,23,24,25). The van der Waals surface area contributed by atoms with Gasteiger partial charge in [-0.05, 0) is 49.8 Å². The molecule has 2 rings (SSSR count). The second-order valence-electron chi connectivity index (χ2n) is 7.16. The summed E-state index contributed by atoms with van der Waals surface area (Å²) in [5.74, 6) is -2.29. The van der Waals surface area contributed by atoms with Crippen molar-refractivity contribution < 1.29 is 40.4 Å². The van der Waals surface area contributed by atoms with Crippen LogP contribution in [-0.2, 0) is 21.0 Å². The van der Waals surface area contributed by atoms with Crippen molar-refractivity contribution in [2.45, 2.75) is 51.3 Å². The lowest BCUT2D eigenvalue weighted by molar-refractivity contribution is -0.140. The van der Waals surface area contributed by atoms with Crippen LogP contribution in [0.25, 0.3) is 0 Å². The van der Waals surface area contributed by atoms with E-state index in [0.717, 1.165) is 31.0 Å². The Morgan fingerprint density at radius 3 is 2.36 bits per heavy atom. The molecule has 0 spiro atoms. The predicted molar refractivity (Wildman–Crippen MR) is 94.8 cm³/mol. The Balaban J connectivity index is 2.31. The Morgan fingerprint density at radius 1 is 1.25 bits per heavy atom. The van der Waals surface area contributed by atoms with E-state index in [1.54, 1.807) is 0 Å². The Labute approximate surface area is 161 Å². The Bertz CT molecular complexity index is 811. The highest BCUT2D eigenvalue weighted by Crippen LogP contribution is 2.44. The van der Waals surface area contributed by atoms with Gasteiger partial charge in [0, 0.05) is 0 Å². The summed E-state index contributed by atoms with van der Waals surface area (Å²) in [7, 11) is -4.32. The van der Waals surface area contributed by atoms with Crippen LogP contribution in [0.15, 0.2) is 18.2 Å². The highest BCUT2D eigenvalue weighted by atomic mass is 32.2. The summed E-state index contributed by atoms with van der Waals surface area (Å²) in [6, 6.07) is 2.67. The average molecular weight is 424 g/mol. The van der Waals surface area contributed by atoms with Gasteiger partial charge in [0.1, 0.15) is 23.7 Å². The molecule has 1 aliphatic carbocycles. The van der Waals surface area contributed by atoms with E-state index in [4.69, 9.17) is 14.0 Å². The van der Waals surface area contributed by atoms with Crippen LogP contribution in [0.4, 0.5) is 13.2 Å². The van der Waals surface area contributed by atoms with Crippen molar-refractivity contribution in [1.82, 2.24) is 0 Å². The molecule has 1 fully saturated rings. The van der Waals surface area contributed by atoms with Gasteiger partial charge in [0.05, 0.1) is 11.1 Å². The van der Waals surface area contributed by atoms with Gasteiger partial charge in [0.15, 0.2) is 0 Å². The number of hydrogen-bond donors (Lipinski definition) is 1. The number of carbonyl (C=O) groups is 1. The molecule has 28 heavy (non-hydrogen) atoms. The smallest absolute Gasteiger partial charge is 0.419 e. The van der Waals surface area contributed by atoms with Gasteiger partial charge in [-0.2, -0.15) is 21.6 Å². The molecule has 0 saturated heterocycles. The summed E-state index contributed by atoms with van der Waals surface area (Å²) in [5, 5.41) is 0. The first-order valence-electron chi connectivity index (χ1n) is 8.87. The van der Waals surface area contributed by atoms with Crippen LogP contribution < -0.4 is 4.74 Å². The van der Waals surface area contributed by atoms with Gasteiger partial charge in [-0.3, -0.25) is 4.55 Å². The molecule has 0 radical (unpaired) electrons. The monoisotopic (exact) mass is 424 g/mol. The number of benzene rings is 1. The first-order valence-corrected chi connectivity index (χ1v) is 10.5. The third kappa shape index (κ3) is 5.60. The van der Waals surface area contributed by atoms with Crippen LogP contribution in [0.3, 0.4) is 0 Å². The molecule has 1 aromatic rings. The molecule has 0 bridgehead atoms. The van der Waals surface area contributed by atoms with Crippen molar-refractivity contribution in [3.63, 3.8) is 0 Å². The van der Waals surface area contributed by atoms with E-state index >= 15 is 0 Å². The molecule has 1 aromatic carbocycles. The molecule has 6 nitrogen and oxygen atoms in total. The summed E-state index contributed by atoms with van der Waals surface area (Å²) in [5.41, 5.74) is -1.93. The third-order valence-corrected chi connectivity index (χ3v) is 5.60. The van der Waals surface area contributed by atoms with Gasteiger partial charge in [0.25, 0.3) is 10.1 Å². The second-order valence-corrected chi connectivity index (χ2v) is 8.73. The predicted octanol–water partition coefficient (Wildman–Crippen LogP) is 4.10. The maximum atomic E-state index is 13.4. The van der Waals surface area contributed by atoms with Gasteiger partial charge in [-0.25, -0.2) is 4.79 Å². The third-order valence-electron chi connectivity index (χ3n) is 4.91. The first-order chi connectivity index (χ1) is 12.8. The van der Waals surface area contributed by atoms with Crippen LogP contribution in [0, 0.1) is 5.92 Å². The van der Waals surface area contributed by atoms with E-state index in [1.807, 2.05) is 13.8 Å². The van der Waals surface area contributed by atoms with Crippen LogP contribution in [0.5, 0.6) is 5.75 Å². The van der Waals surface area contributed by atoms with Gasteiger partial charge in [-0.1, -0.05) is 13.8 Å². The number of rotatable bonds is 7. The molecule has 158 valence electrons. The van der Waals surface area contributed by atoms with E-state index in [2.05, 4.69) is 0 Å². The SMILES string of the molecule is CC(C)C1(Oc2cc(C(=O)OCCS(=O)(=O)O)ccc2C(F)(F)F)CCCC1. The lowest BCUT2D eigenvalue weighted by Gasteiger charge is -2.35. The molecule has 0 aliphatic heterocycles. The normalized spacial score (nSPS) is 17.0. The van der Waals surface area contributed by atoms with Crippen molar-refractivity contribution in [3.8, 4) is 5.75 Å². The van der Waals surface area contributed by atoms with E-state index in [0.29, 0.717) is 12.8 Å². The highest BCUT2D eigenvalue weighted by Gasteiger charge is 2.42. The summed E-state index contributed by atoms with van der Waals surface area (Å²) < 4.78 is 80.8. The number of esters is 1. The van der Waals surface area contributed by atoms with Gasteiger partial charge < -0.3 is 9.47 Å². The summed E-state index contributed by atoms with van der Waals surface area (Å²) in [4.78, 5) is 12.1. The maximum absolute atomic E-state index is 13.4. The molecule has 1 aliphatic rings. The zero-order chi connectivity index (χ0) is 21.2. The van der Waals surface area contributed by atoms with Crippen molar-refractivity contribution in [3.05, 3.63) is 29.3 Å². The van der Waals surface area contributed by atoms with Crippen molar-refractivity contribution in [2.24, 2.45) is 5.92 Å². The number of carbonyl (C=O) groups excluding carboxylic acids is 1. The fourth-order valence-corrected chi connectivity index (χ4v) is 3.57. The Kier molecular flexibility index (Phi) is 6.65. The van der Waals surface area contributed by atoms with E-state index in [-0.39, 0.29) is 11.5 Å². The first kappa shape index (κ1) is 22.5. The zero-order valence-corrected chi connectivity index (χ0v) is 16.4.